The normalized spacial score (nSPS) is 12.1. The monoisotopic (exact) mass is 709 g/mol. The molecule has 0 aromatic heterocycles. The minimum atomic E-state index is -0.758. The third-order valence-corrected chi connectivity index (χ3v) is 9.72. The maximum atomic E-state index is 12.6. The van der Waals surface area contributed by atoms with E-state index in [0.717, 1.165) is 76.0 Å². The molecule has 1 atom stereocenters. The van der Waals surface area contributed by atoms with Gasteiger partial charge in [0.2, 0.25) is 0 Å². The van der Waals surface area contributed by atoms with Crippen molar-refractivity contribution in [2.45, 2.75) is 240 Å². The molecule has 0 aromatic carbocycles. The predicted molar refractivity (Wildman–Crippen MR) is 210 cm³/mol. The van der Waals surface area contributed by atoms with Gasteiger partial charge in [-0.3, -0.25) is 14.4 Å². The van der Waals surface area contributed by atoms with E-state index < -0.39 is 6.10 Å². The van der Waals surface area contributed by atoms with Gasteiger partial charge in [0.25, 0.3) is 0 Å². The Hall–Kier alpha value is -1.59. The molecule has 0 aliphatic carbocycles. The van der Waals surface area contributed by atoms with Crippen molar-refractivity contribution in [1.82, 2.24) is 0 Å². The maximum absolute atomic E-state index is 12.6. The summed E-state index contributed by atoms with van der Waals surface area (Å²) in [5, 5.41) is 0. The van der Waals surface area contributed by atoms with Crippen molar-refractivity contribution in [3.05, 3.63) is 0 Å². The van der Waals surface area contributed by atoms with Crippen LogP contribution in [-0.2, 0) is 28.6 Å². The molecule has 0 aliphatic heterocycles. The van der Waals surface area contributed by atoms with Gasteiger partial charge in [-0.15, -0.1) is 0 Å². The molecular weight excluding hydrogens is 624 g/mol. The van der Waals surface area contributed by atoms with Crippen LogP contribution in [0.4, 0.5) is 0 Å². The lowest BCUT2D eigenvalue weighted by Gasteiger charge is -2.18. The Labute approximate surface area is 310 Å². The van der Waals surface area contributed by atoms with Gasteiger partial charge in [-0.05, 0) is 31.1 Å². The molecule has 0 aromatic rings. The molecule has 296 valence electrons. The van der Waals surface area contributed by atoms with Gasteiger partial charge in [-0.1, -0.05) is 195 Å². The lowest BCUT2D eigenvalue weighted by atomic mass is 10.0. The molecule has 0 radical (unpaired) electrons. The first-order chi connectivity index (χ1) is 24.2. The van der Waals surface area contributed by atoms with Gasteiger partial charge in [0.05, 0.1) is 0 Å². The summed E-state index contributed by atoms with van der Waals surface area (Å²) in [6.45, 7) is 11.2. The predicted octanol–water partition coefficient (Wildman–Crippen LogP) is 13.4. The molecule has 6 nitrogen and oxygen atoms in total. The quantitative estimate of drug-likeness (QED) is 0.0361. The second-order valence-corrected chi connectivity index (χ2v) is 15.9. The van der Waals surface area contributed by atoms with Gasteiger partial charge < -0.3 is 14.2 Å². The lowest BCUT2D eigenvalue weighted by molar-refractivity contribution is -0.167. The number of unbranched alkanes of at least 4 members (excludes halogenated alkanes) is 23. The maximum Gasteiger partial charge on any atom is 0.306 e. The number of ether oxygens (including phenoxy) is 3. The first-order valence-corrected chi connectivity index (χ1v) is 21.7. The van der Waals surface area contributed by atoms with Gasteiger partial charge >= 0.3 is 17.9 Å². The molecule has 0 fully saturated rings. The molecule has 0 unspecified atom stereocenters. The summed E-state index contributed by atoms with van der Waals surface area (Å²) in [6.07, 6.45) is 34.0. The van der Waals surface area contributed by atoms with Crippen molar-refractivity contribution < 1.29 is 28.6 Å². The van der Waals surface area contributed by atoms with Crippen molar-refractivity contribution in [2.24, 2.45) is 11.8 Å². The average Bonchev–Trinajstić information content (AvgIpc) is 3.08. The zero-order valence-electron chi connectivity index (χ0n) is 34.0. The molecule has 0 heterocycles. The highest BCUT2D eigenvalue weighted by Crippen LogP contribution is 2.16. The van der Waals surface area contributed by atoms with Gasteiger partial charge in [-0.25, -0.2) is 0 Å². The van der Waals surface area contributed by atoms with Gasteiger partial charge in [0.15, 0.2) is 6.10 Å². The summed E-state index contributed by atoms with van der Waals surface area (Å²) < 4.78 is 16.6. The highest BCUT2D eigenvalue weighted by Gasteiger charge is 2.19. The Morgan fingerprint density at radius 3 is 0.980 bits per heavy atom. The molecular formula is C44H84O6. The van der Waals surface area contributed by atoms with Crippen molar-refractivity contribution in [1.29, 1.82) is 0 Å². The van der Waals surface area contributed by atoms with Crippen LogP contribution >= 0.6 is 0 Å². The van der Waals surface area contributed by atoms with Crippen LogP contribution in [0.5, 0.6) is 0 Å². The molecule has 0 aliphatic rings. The largest absolute Gasteiger partial charge is 0.462 e. The van der Waals surface area contributed by atoms with Crippen molar-refractivity contribution >= 4 is 17.9 Å². The van der Waals surface area contributed by atoms with Crippen LogP contribution < -0.4 is 0 Å². The van der Waals surface area contributed by atoms with Gasteiger partial charge in [-0.2, -0.15) is 0 Å². The highest BCUT2D eigenvalue weighted by molar-refractivity contribution is 5.71. The van der Waals surface area contributed by atoms with Crippen molar-refractivity contribution in [2.75, 3.05) is 13.2 Å². The Morgan fingerprint density at radius 1 is 0.380 bits per heavy atom. The van der Waals surface area contributed by atoms with Crippen LogP contribution in [-0.4, -0.2) is 37.2 Å². The Morgan fingerprint density at radius 2 is 0.660 bits per heavy atom. The van der Waals surface area contributed by atoms with E-state index in [1.165, 1.54) is 116 Å². The molecule has 50 heavy (non-hydrogen) atoms. The average molecular weight is 709 g/mol. The van der Waals surface area contributed by atoms with E-state index in [1.807, 2.05) is 0 Å². The number of hydrogen-bond donors (Lipinski definition) is 0. The standard InChI is InChI=1S/C44H84O6/c1-6-7-8-22-29-34-42(45)48-37-41(38-49-43(46)35-30-25-20-17-13-15-19-24-28-33-40(4)5)50-44(47)36-31-26-21-16-12-10-9-11-14-18-23-27-32-39(2)3/h39-41H,6-38H2,1-5H3/t41-/m0/s1. The second-order valence-electron chi connectivity index (χ2n) is 15.9. The molecule has 6 heteroatoms. The van der Waals surface area contributed by atoms with E-state index in [0.29, 0.717) is 19.3 Å². The Bertz CT molecular complexity index is 764. The van der Waals surface area contributed by atoms with Crippen LogP contribution in [0.1, 0.15) is 234 Å². The fraction of sp³-hybridized carbons (Fsp3) is 0.932. The molecule has 0 spiro atoms. The summed E-state index contributed by atoms with van der Waals surface area (Å²) in [6, 6.07) is 0. The summed E-state index contributed by atoms with van der Waals surface area (Å²) in [5.74, 6) is 0.766. The molecule has 0 saturated carbocycles. The summed E-state index contributed by atoms with van der Waals surface area (Å²) in [5.41, 5.74) is 0. The van der Waals surface area contributed by atoms with Gasteiger partial charge in [0, 0.05) is 19.3 Å². The smallest absolute Gasteiger partial charge is 0.306 e. The van der Waals surface area contributed by atoms with Crippen LogP contribution in [0, 0.1) is 11.8 Å². The third-order valence-electron chi connectivity index (χ3n) is 9.72. The number of carbonyl (C=O) groups is 3. The van der Waals surface area contributed by atoms with Crippen LogP contribution in [0.25, 0.3) is 0 Å². The minimum absolute atomic E-state index is 0.0664. The topological polar surface area (TPSA) is 78.9 Å². The van der Waals surface area contributed by atoms with E-state index in [9.17, 15) is 14.4 Å². The van der Waals surface area contributed by atoms with E-state index in [-0.39, 0.29) is 31.1 Å². The lowest BCUT2D eigenvalue weighted by Crippen LogP contribution is -2.30. The SMILES string of the molecule is CCCCCCCC(=O)OC[C@@H](COC(=O)CCCCCCCCCCCC(C)C)OC(=O)CCCCCCCCCCCCCCC(C)C. The van der Waals surface area contributed by atoms with E-state index in [2.05, 4.69) is 34.6 Å². The molecule has 0 rings (SSSR count). The van der Waals surface area contributed by atoms with Crippen molar-refractivity contribution in [3.8, 4) is 0 Å². The van der Waals surface area contributed by atoms with Crippen LogP contribution in [0.2, 0.25) is 0 Å². The second kappa shape index (κ2) is 37.2. The number of hydrogen-bond acceptors (Lipinski definition) is 6. The zero-order chi connectivity index (χ0) is 36.9. The Kier molecular flexibility index (Phi) is 36.0. The molecule has 0 saturated heterocycles. The van der Waals surface area contributed by atoms with E-state index >= 15 is 0 Å². The van der Waals surface area contributed by atoms with Crippen LogP contribution in [0.3, 0.4) is 0 Å². The van der Waals surface area contributed by atoms with E-state index in [1.54, 1.807) is 0 Å². The third kappa shape index (κ3) is 37.7. The molecule has 0 N–H and O–H groups in total. The van der Waals surface area contributed by atoms with E-state index in [4.69, 9.17) is 14.2 Å². The molecule has 0 bridgehead atoms. The fourth-order valence-corrected chi connectivity index (χ4v) is 6.40. The summed E-state index contributed by atoms with van der Waals surface area (Å²) in [7, 11) is 0. The highest BCUT2D eigenvalue weighted by atomic mass is 16.6. The van der Waals surface area contributed by atoms with Crippen molar-refractivity contribution in [3.63, 3.8) is 0 Å². The zero-order valence-corrected chi connectivity index (χ0v) is 34.0. The number of carbonyl (C=O) groups excluding carboxylic acids is 3. The Balaban J connectivity index is 4.21. The first-order valence-electron chi connectivity index (χ1n) is 21.7. The van der Waals surface area contributed by atoms with Crippen LogP contribution in [0.15, 0.2) is 0 Å². The number of rotatable bonds is 38. The summed E-state index contributed by atoms with van der Waals surface area (Å²) in [4.78, 5) is 37.4. The first kappa shape index (κ1) is 48.4. The molecule has 0 amide bonds. The summed E-state index contributed by atoms with van der Waals surface area (Å²) >= 11 is 0. The van der Waals surface area contributed by atoms with Gasteiger partial charge in [0.1, 0.15) is 13.2 Å². The fourth-order valence-electron chi connectivity index (χ4n) is 6.40. The number of esters is 3. The minimum Gasteiger partial charge on any atom is -0.462 e.